The van der Waals surface area contributed by atoms with E-state index >= 15 is 0 Å². The van der Waals surface area contributed by atoms with Crippen molar-refractivity contribution in [3.8, 4) is 0 Å². The van der Waals surface area contributed by atoms with Gasteiger partial charge in [-0.1, -0.05) is 17.3 Å². The highest BCUT2D eigenvalue weighted by Gasteiger charge is 2.28. The molecule has 0 saturated carbocycles. The van der Waals surface area contributed by atoms with Crippen molar-refractivity contribution in [2.45, 2.75) is 25.3 Å². The van der Waals surface area contributed by atoms with Gasteiger partial charge in [-0.05, 0) is 31.5 Å². The van der Waals surface area contributed by atoms with Gasteiger partial charge in [-0.3, -0.25) is 4.79 Å². The van der Waals surface area contributed by atoms with Crippen LogP contribution in [-0.2, 0) is 16.6 Å². The summed E-state index contributed by atoms with van der Waals surface area (Å²) >= 11 is 0. The van der Waals surface area contributed by atoms with Crippen molar-refractivity contribution in [3.63, 3.8) is 0 Å². The van der Waals surface area contributed by atoms with Crippen LogP contribution in [0.4, 0.5) is 0 Å². The normalized spacial score (nSPS) is 11.7. The summed E-state index contributed by atoms with van der Waals surface area (Å²) in [7, 11) is -0.639. The molecule has 2 rings (SSSR count). The van der Waals surface area contributed by atoms with Crippen molar-refractivity contribution in [2.75, 3.05) is 14.1 Å². The van der Waals surface area contributed by atoms with E-state index < -0.39 is 10.0 Å². The predicted octanol–water partition coefficient (Wildman–Crippen LogP) is 1.47. The Morgan fingerprint density at radius 1 is 1.26 bits per heavy atom. The van der Waals surface area contributed by atoms with Gasteiger partial charge in [0.2, 0.25) is 10.0 Å². The lowest BCUT2D eigenvalue weighted by Crippen LogP contribution is -2.27. The van der Waals surface area contributed by atoms with E-state index in [2.05, 4.69) is 10.5 Å². The number of carbonyl (C=O) groups is 1. The molecule has 0 aliphatic carbocycles. The van der Waals surface area contributed by atoms with E-state index in [4.69, 9.17) is 4.52 Å². The number of carbonyl (C=O) groups excluding carboxylic acids is 1. The Morgan fingerprint density at radius 2 is 1.87 bits per heavy atom. The van der Waals surface area contributed by atoms with Crippen molar-refractivity contribution in [2.24, 2.45) is 0 Å². The zero-order chi connectivity index (χ0) is 17.2. The molecule has 0 radical (unpaired) electrons. The highest BCUT2D eigenvalue weighted by Crippen LogP contribution is 2.23. The first-order valence-corrected chi connectivity index (χ1v) is 8.41. The van der Waals surface area contributed by atoms with Crippen LogP contribution < -0.4 is 5.32 Å². The minimum Gasteiger partial charge on any atom is -0.360 e. The molecular weight excluding hydrogens is 318 g/mol. The largest absolute Gasteiger partial charge is 0.360 e. The third kappa shape index (κ3) is 3.43. The lowest BCUT2D eigenvalue weighted by Gasteiger charge is -2.17. The maximum absolute atomic E-state index is 12.6. The molecule has 1 amide bonds. The fraction of sp³-hybridized carbons (Fsp3) is 0.333. The summed E-state index contributed by atoms with van der Waals surface area (Å²) in [6.07, 6.45) is 0. The summed E-state index contributed by atoms with van der Waals surface area (Å²) in [6.45, 7) is 3.34. The Morgan fingerprint density at radius 3 is 2.35 bits per heavy atom. The highest BCUT2D eigenvalue weighted by atomic mass is 32.2. The van der Waals surface area contributed by atoms with Crippen molar-refractivity contribution in [1.29, 1.82) is 0 Å². The van der Waals surface area contributed by atoms with E-state index in [-0.39, 0.29) is 23.1 Å². The van der Waals surface area contributed by atoms with Crippen molar-refractivity contribution in [1.82, 2.24) is 14.8 Å². The summed E-state index contributed by atoms with van der Waals surface area (Å²) in [5.41, 5.74) is 1.63. The first kappa shape index (κ1) is 17.2. The Labute approximate surface area is 135 Å². The van der Waals surface area contributed by atoms with Gasteiger partial charge in [0.25, 0.3) is 5.91 Å². The molecule has 0 aliphatic heterocycles. The second-order valence-corrected chi connectivity index (χ2v) is 7.17. The molecule has 2 aromatic rings. The van der Waals surface area contributed by atoms with E-state index in [1.807, 2.05) is 0 Å². The lowest BCUT2D eigenvalue weighted by molar-refractivity contribution is 0.0963. The quantitative estimate of drug-likeness (QED) is 0.892. The highest BCUT2D eigenvalue weighted by molar-refractivity contribution is 7.89. The number of aromatic nitrogens is 1. The number of amides is 1. The van der Waals surface area contributed by atoms with Crippen LogP contribution in [0.2, 0.25) is 0 Å². The average Bonchev–Trinajstić information content (AvgIpc) is 2.86. The molecule has 0 unspecified atom stereocenters. The van der Waals surface area contributed by atoms with Crippen LogP contribution in [0.5, 0.6) is 0 Å². The fourth-order valence-corrected chi connectivity index (χ4v) is 3.69. The van der Waals surface area contributed by atoms with Crippen LogP contribution in [0.1, 0.15) is 27.4 Å². The lowest BCUT2D eigenvalue weighted by atomic mass is 10.1. The zero-order valence-corrected chi connectivity index (χ0v) is 14.3. The van der Waals surface area contributed by atoms with Gasteiger partial charge >= 0.3 is 0 Å². The number of sulfonamides is 1. The second-order valence-electron chi connectivity index (χ2n) is 5.19. The molecule has 0 saturated heterocycles. The second kappa shape index (κ2) is 6.51. The molecule has 1 aromatic heterocycles. The number of benzene rings is 1. The van der Waals surface area contributed by atoms with Gasteiger partial charge in [0, 0.05) is 26.2 Å². The van der Waals surface area contributed by atoms with E-state index in [0.29, 0.717) is 11.3 Å². The van der Waals surface area contributed by atoms with Gasteiger partial charge in [0.1, 0.15) is 10.6 Å². The minimum absolute atomic E-state index is 0.0991. The van der Waals surface area contributed by atoms with Gasteiger partial charge in [-0.2, -0.15) is 4.31 Å². The number of hydrogen-bond acceptors (Lipinski definition) is 5. The van der Waals surface area contributed by atoms with E-state index in [1.54, 1.807) is 45.2 Å². The van der Waals surface area contributed by atoms with Crippen molar-refractivity contribution in [3.05, 3.63) is 46.8 Å². The Kier molecular flexibility index (Phi) is 4.86. The number of rotatable bonds is 5. The molecule has 8 heteroatoms. The third-order valence-electron chi connectivity index (χ3n) is 3.48. The van der Waals surface area contributed by atoms with Crippen molar-refractivity contribution >= 4 is 15.9 Å². The van der Waals surface area contributed by atoms with E-state index in [0.717, 1.165) is 5.56 Å². The summed E-state index contributed by atoms with van der Waals surface area (Å²) in [6, 6.07) is 6.77. The summed E-state index contributed by atoms with van der Waals surface area (Å²) < 4.78 is 31.4. The van der Waals surface area contributed by atoms with Crippen molar-refractivity contribution < 1.29 is 17.7 Å². The molecule has 1 heterocycles. The van der Waals surface area contributed by atoms with E-state index in [9.17, 15) is 13.2 Å². The van der Waals surface area contributed by atoms with Gasteiger partial charge in [0.05, 0.1) is 0 Å². The van der Waals surface area contributed by atoms with Gasteiger partial charge in [-0.25, -0.2) is 8.42 Å². The number of nitrogens with zero attached hydrogens (tertiary/aromatic N) is 2. The molecule has 0 aliphatic rings. The van der Waals surface area contributed by atoms with Gasteiger partial charge in [0.15, 0.2) is 5.76 Å². The Hall–Kier alpha value is -2.19. The van der Waals surface area contributed by atoms with Crippen LogP contribution in [0, 0.1) is 13.8 Å². The number of nitrogens with one attached hydrogen (secondary N) is 1. The van der Waals surface area contributed by atoms with Gasteiger partial charge < -0.3 is 9.84 Å². The van der Waals surface area contributed by atoms with Crippen LogP contribution in [0.25, 0.3) is 0 Å². The molecular formula is C15H19N3O4S. The zero-order valence-electron chi connectivity index (χ0n) is 13.5. The number of hydrogen-bond donors (Lipinski definition) is 1. The first-order chi connectivity index (χ1) is 10.8. The molecule has 0 fully saturated rings. The van der Waals surface area contributed by atoms with Crippen LogP contribution >= 0.6 is 0 Å². The third-order valence-corrected chi connectivity index (χ3v) is 5.53. The molecule has 7 nitrogen and oxygen atoms in total. The maximum atomic E-state index is 12.6. The molecule has 0 spiro atoms. The SMILES string of the molecule is CNC(=O)c1ccc(CN(C)S(=O)(=O)c2c(C)noc2C)cc1. The molecule has 1 N–H and O–H groups in total. The molecule has 0 bridgehead atoms. The fourth-order valence-electron chi connectivity index (χ4n) is 2.25. The molecule has 0 atom stereocenters. The maximum Gasteiger partial charge on any atom is 0.251 e. The van der Waals surface area contributed by atoms with Gasteiger partial charge in [-0.15, -0.1) is 0 Å². The summed E-state index contributed by atoms with van der Waals surface area (Å²) in [5.74, 6) is 0.0811. The molecule has 1 aromatic carbocycles. The van der Waals surface area contributed by atoms with Crippen LogP contribution in [-0.4, -0.2) is 37.9 Å². The van der Waals surface area contributed by atoms with E-state index in [1.165, 1.54) is 11.4 Å². The Bertz CT molecular complexity index is 790. The Balaban J connectivity index is 2.21. The summed E-state index contributed by atoms with van der Waals surface area (Å²) in [4.78, 5) is 11.6. The number of aryl methyl sites for hydroxylation is 2. The van der Waals surface area contributed by atoms with Crippen LogP contribution in [0.3, 0.4) is 0 Å². The topological polar surface area (TPSA) is 92.5 Å². The molecule has 124 valence electrons. The smallest absolute Gasteiger partial charge is 0.251 e. The minimum atomic E-state index is -3.69. The van der Waals surface area contributed by atoms with Crippen LogP contribution in [0.15, 0.2) is 33.7 Å². The standard InChI is InChI=1S/C15H19N3O4S/c1-10-14(11(2)22-17-10)23(20,21)18(4)9-12-5-7-13(8-6-12)15(19)16-3/h5-8H,9H2,1-4H3,(H,16,19). The molecule has 23 heavy (non-hydrogen) atoms. The predicted molar refractivity (Wildman–Crippen MR) is 84.5 cm³/mol. The monoisotopic (exact) mass is 337 g/mol. The average molecular weight is 337 g/mol. The summed E-state index contributed by atoms with van der Waals surface area (Å²) in [5, 5.41) is 6.22. The first-order valence-electron chi connectivity index (χ1n) is 6.97.